The Balaban J connectivity index is 1.29. The van der Waals surface area contributed by atoms with E-state index in [2.05, 4.69) is 0 Å². The number of rotatable bonds is 5. The summed E-state index contributed by atoms with van der Waals surface area (Å²) in [5.74, 6) is 0. The minimum absolute atomic E-state index is 0.0411. The van der Waals surface area contributed by atoms with Gasteiger partial charge in [-0.3, -0.25) is 0 Å². The van der Waals surface area contributed by atoms with Crippen molar-refractivity contribution >= 4 is 71.7 Å². The highest BCUT2D eigenvalue weighted by Gasteiger charge is 2.20. The molecule has 0 radical (unpaired) electrons. The first kappa shape index (κ1) is 17.5. The van der Waals surface area contributed by atoms with E-state index in [4.69, 9.17) is 15.7 Å². The van der Waals surface area contributed by atoms with Crippen LogP contribution in [0.5, 0.6) is 0 Å². The van der Waals surface area contributed by atoms with Crippen LogP contribution in [0.1, 0.15) is 17.8 Å². The summed E-state index contributed by atoms with van der Waals surface area (Å²) in [5.41, 5.74) is 0.444. The molecule has 2 heterocycles. The highest BCUT2D eigenvalue weighted by molar-refractivity contribution is 6.19. The number of anilines is 3. The van der Waals surface area contributed by atoms with E-state index in [1.165, 1.54) is 4.90 Å². The molecule has 0 atom stereocenters. The SMILES string of the molecule is [2H]c1c([2H])c([2H])c(-c2c([2H])c([2H])c(N(c3c([2H])c([2H])c(-c4ccc5c(c4)oc4ccccc45)c([2H])c3[2H])c3cccc4oc5c6ccccc6ccc5c34)c([2H])c2[2H])c([2H])c1[2H]. The first-order valence-electron chi connectivity index (χ1n) is 22.0. The van der Waals surface area contributed by atoms with Crippen molar-refractivity contribution in [1.29, 1.82) is 0 Å². The number of hydrogen-bond acceptors (Lipinski definition) is 3. The van der Waals surface area contributed by atoms with Gasteiger partial charge in [0.1, 0.15) is 22.3 Å². The molecule has 3 nitrogen and oxygen atoms in total. The van der Waals surface area contributed by atoms with Gasteiger partial charge in [0.05, 0.1) is 28.9 Å². The van der Waals surface area contributed by atoms with Gasteiger partial charge in [-0.15, -0.1) is 0 Å². The molecule has 10 rings (SSSR count). The van der Waals surface area contributed by atoms with Crippen molar-refractivity contribution in [2.75, 3.05) is 4.90 Å². The molecule has 8 aromatic carbocycles. The van der Waals surface area contributed by atoms with Gasteiger partial charge in [-0.1, -0.05) is 115 Å². The predicted octanol–water partition coefficient (Wildman–Crippen LogP) is 13.4. The Morgan fingerprint density at radius 2 is 1.06 bits per heavy atom. The van der Waals surface area contributed by atoms with Gasteiger partial charge >= 0.3 is 0 Å². The predicted molar refractivity (Wildman–Crippen MR) is 204 cm³/mol. The molecule has 0 aliphatic heterocycles. The summed E-state index contributed by atoms with van der Waals surface area (Å²) >= 11 is 0. The fourth-order valence-corrected chi connectivity index (χ4v) is 6.44. The smallest absolute Gasteiger partial charge is 0.143 e. The lowest BCUT2D eigenvalue weighted by atomic mass is 10.0. The van der Waals surface area contributed by atoms with Crippen LogP contribution in [-0.4, -0.2) is 0 Å². The summed E-state index contributed by atoms with van der Waals surface area (Å²) in [6.07, 6.45) is 0. The molecule has 0 fully saturated rings. The summed E-state index contributed by atoms with van der Waals surface area (Å²) < 4.78 is 130. The van der Waals surface area contributed by atoms with Crippen LogP contribution in [0, 0.1) is 0 Å². The lowest BCUT2D eigenvalue weighted by Gasteiger charge is -2.26. The molecule has 0 spiro atoms. The van der Waals surface area contributed by atoms with Crippen molar-refractivity contribution in [2.24, 2.45) is 0 Å². The van der Waals surface area contributed by atoms with E-state index < -0.39 is 101 Å². The Bertz CT molecular complexity index is 3510. The van der Waals surface area contributed by atoms with Crippen molar-refractivity contribution in [3.8, 4) is 22.3 Å². The lowest BCUT2D eigenvalue weighted by molar-refractivity contribution is 0.669. The Labute approximate surface area is 301 Å². The van der Waals surface area contributed by atoms with Gasteiger partial charge in [-0.2, -0.15) is 0 Å². The van der Waals surface area contributed by atoms with Crippen LogP contribution in [0.25, 0.3) is 76.9 Å². The monoisotopic (exact) mass is 640 g/mol. The maximum Gasteiger partial charge on any atom is 0.143 e. The molecule has 3 heteroatoms. The standard InChI is InChI=1S/C46H29NO2/c1-2-9-30(10-3-1)31-17-23-35(24-18-31)47(41-14-8-16-43-45(41)40-28-21-33-11-4-5-12-37(33)46(40)49-43)36-25-19-32(20-26-36)34-22-27-39-38-13-6-7-15-42(38)48-44(39)29-34/h1-29H/i1D,2D,3D,9D,10D,17D,18D,19D,20D,23D,24D,25D,26D. The zero-order valence-corrected chi connectivity index (χ0v) is 25.5. The molecule has 49 heavy (non-hydrogen) atoms. The van der Waals surface area contributed by atoms with Crippen LogP contribution in [0.3, 0.4) is 0 Å². The molecule has 0 saturated heterocycles. The molecular weight excluding hydrogens is 599 g/mol. The van der Waals surface area contributed by atoms with Gasteiger partial charge in [-0.05, 0) is 88.2 Å². The maximum absolute atomic E-state index is 9.59. The summed E-state index contributed by atoms with van der Waals surface area (Å²) in [6, 6.07) is 20.2. The zero-order valence-electron chi connectivity index (χ0n) is 38.5. The molecule has 0 aliphatic rings. The van der Waals surface area contributed by atoms with E-state index >= 15 is 0 Å². The van der Waals surface area contributed by atoms with E-state index in [9.17, 15) is 11.0 Å². The summed E-state index contributed by atoms with van der Waals surface area (Å²) in [6.45, 7) is 0. The van der Waals surface area contributed by atoms with Gasteiger partial charge in [0.25, 0.3) is 0 Å². The highest BCUT2D eigenvalue weighted by atomic mass is 16.3. The van der Waals surface area contributed by atoms with E-state index in [1.807, 2.05) is 60.7 Å². The van der Waals surface area contributed by atoms with Crippen molar-refractivity contribution < 1.29 is 26.7 Å². The van der Waals surface area contributed by atoms with E-state index in [1.54, 1.807) is 36.4 Å². The third kappa shape index (κ3) is 4.51. The quantitative estimate of drug-likeness (QED) is 0.187. The minimum atomic E-state index is -0.759. The third-order valence-electron chi connectivity index (χ3n) is 8.69. The number of nitrogens with zero attached hydrogens (tertiary/aromatic N) is 1. The number of furan rings is 2. The number of fused-ring (bicyclic) bond motifs is 8. The van der Waals surface area contributed by atoms with Gasteiger partial charge in [-0.25, -0.2) is 0 Å². The Morgan fingerprint density at radius 1 is 0.429 bits per heavy atom. The van der Waals surface area contributed by atoms with E-state index in [0.29, 0.717) is 38.7 Å². The van der Waals surface area contributed by atoms with Crippen LogP contribution in [0.15, 0.2) is 184 Å². The molecule has 0 N–H and O–H groups in total. The largest absolute Gasteiger partial charge is 0.456 e. The van der Waals surface area contributed by atoms with E-state index in [-0.39, 0.29) is 11.3 Å². The van der Waals surface area contributed by atoms with Gasteiger partial charge in [0.15, 0.2) is 0 Å². The molecule has 2 aromatic heterocycles. The molecular formula is C46H29NO2. The Hall–Kier alpha value is -6.58. The number of hydrogen-bond donors (Lipinski definition) is 0. The third-order valence-corrected chi connectivity index (χ3v) is 8.69. The number of benzene rings is 8. The molecule has 0 unspecified atom stereocenters. The van der Waals surface area contributed by atoms with Crippen molar-refractivity contribution in [3.63, 3.8) is 0 Å². The first-order chi connectivity index (χ1) is 29.7. The molecule has 10 aromatic rings. The average Bonchev–Trinajstić information content (AvgIpc) is 3.86. The second-order valence-corrected chi connectivity index (χ2v) is 11.5. The van der Waals surface area contributed by atoms with Crippen LogP contribution < -0.4 is 4.90 Å². The maximum atomic E-state index is 9.59. The van der Waals surface area contributed by atoms with Crippen molar-refractivity contribution in [2.45, 2.75) is 0 Å². The van der Waals surface area contributed by atoms with Gasteiger partial charge in [0.2, 0.25) is 0 Å². The Morgan fingerprint density at radius 3 is 1.86 bits per heavy atom. The molecule has 0 amide bonds. The summed E-state index contributed by atoms with van der Waals surface area (Å²) in [7, 11) is 0. The topological polar surface area (TPSA) is 29.5 Å². The van der Waals surface area contributed by atoms with Crippen LogP contribution in [0.2, 0.25) is 0 Å². The second kappa shape index (κ2) is 11.0. The number of para-hydroxylation sites is 1. The fraction of sp³-hybridized carbons (Fsp3) is 0. The molecule has 0 aliphatic carbocycles. The minimum Gasteiger partial charge on any atom is -0.456 e. The summed E-state index contributed by atoms with van der Waals surface area (Å²) in [5, 5.41) is 4.32. The second-order valence-electron chi connectivity index (χ2n) is 11.5. The van der Waals surface area contributed by atoms with Gasteiger partial charge in [0, 0.05) is 32.9 Å². The Kier molecular flexibility index (Phi) is 3.94. The molecule has 0 bridgehead atoms. The normalized spacial score (nSPS) is 15.4. The molecule has 0 saturated carbocycles. The van der Waals surface area contributed by atoms with E-state index in [0.717, 1.165) is 21.5 Å². The molecule has 230 valence electrons. The lowest BCUT2D eigenvalue weighted by Crippen LogP contribution is -2.10. The van der Waals surface area contributed by atoms with Gasteiger partial charge < -0.3 is 13.7 Å². The highest BCUT2D eigenvalue weighted by Crippen LogP contribution is 2.45. The van der Waals surface area contributed by atoms with Crippen LogP contribution >= 0.6 is 0 Å². The fourth-order valence-electron chi connectivity index (χ4n) is 6.44. The first-order valence-corrected chi connectivity index (χ1v) is 15.5. The van der Waals surface area contributed by atoms with Crippen LogP contribution in [-0.2, 0) is 0 Å². The average molecular weight is 641 g/mol. The van der Waals surface area contributed by atoms with Crippen molar-refractivity contribution in [1.82, 2.24) is 0 Å². The summed E-state index contributed by atoms with van der Waals surface area (Å²) in [4.78, 5) is 1.17. The van der Waals surface area contributed by atoms with Crippen molar-refractivity contribution in [3.05, 3.63) is 176 Å². The van der Waals surface area contributed by atoms with Crippen LogP contribution in [0.4, 0.5) is 17.1 Å². The zero-order chi connectivity index (χ0) is 43.6.